The maximum Gasteiger partial charge on any atom is 0.573 e. The summed E-state index contributed by atoms with van der Waals surface area (Å²) in [6, 6.07) is 3.26. The van der Waals surface area contributed by atoms with Gasteiger partial charge in [0.15, 0.2) is 0 Å². The van der Waals surface area contributed by atoms with Crippen LogP contribution in [0.3, 0.4) is 0 Å². The third-order valence-corrected chi connectivity index (χ3v) is 2.03. The fourth-order valence-corrected chi connectivity index (χ4v) is 1.38. The number of hydrogen-bond acceptors (Lipinski definition) is 4. The first-order chi connectivity index (χ1) is 8.28. The highest BCUT2D eigenvalue weighted by Gasteiger charge is 2.33. The van der Waals surface area contributed by atoms with Gasteiger partial charge in [0.2, 0.25) is 0 Å². The molecule has 0 aliphatic heterocycles. The molecule has 0 saturated carbocycles. The van der Waals surface area contributed by atoms with Crippen molar-refractivity contribution >= 4 is 17.6 Å². The number of hydrogen-bond donors (Lipinski definition) is 0. The molecular formula is C10H5ClF3NO3. The first kappa shape index (κ1) is 14.1. The fourth-order valence-electron chi connectivity index (χ4n) is 1.17. The lowest BCUT2D eigenvalue weighted by Gasteiger charge is -2.12. The van der Waals surface area contributed by atoms with Gasteiger partial charge >= 0.3 is 12.3 Å². The lowest BCUT2D eigenvalue weighted by Crippen LogP contribution is -2.19. The Morgan fingerprint density at radius 2 is 2.06 bits per heavy atom. The predicted molar refractivity (Wildman–Crippen MR) is 54.2 cm³/mol. The molecule has 0 amide bonds. The number of carbonyl (C=O) groups excluding carboxylic acids is 1. The number of nitriles is 1. The Kier molecular flexibility index (Phi) is 4.03. The van der Waals surface area contributed by atoms with Crippen LogP contribution in [0, 0.1) is 11.3 Å². The van der Waals surface area contributed by atoms with E-state index in [-0.39, 0.29) is 5.02 Å². The van der Waals surface area contributed by atoms with E-state index in [9.17, 15) is 18.0 Å². The Morgan fingerprint density at radius 1 is 1.44 bits per heavy atom. The van der Waals surface area contributed by atoms with Crippen LogP contribution < -0.4 is 4.74 Å². The van der Waals surface area contributed by atoms with Crippen LogP contribution >= 0.6 is 11.6 Å². The molecule has 0 N–H and O–H groups in total. The standard InChI is InChI=1S/C10H5ClF3NO3/c1-17-9(16)6-2-5(11)3-8(7(6)4-15)18-10(12,13)14/h2-3H,1H3. The number of rotatable bonds is 2. The minimum Gasteiger partial charge on any atom is -0.465 e. The highest BCUT2D eigenvalue weighted by Crippen LogP contribution is 2.31. The zero-order valence-corrected chi connectivity index (χ0v) is 9.59. The van der Waals surface area contributed by atoms with Crippen LogP contribution in [0.4, 0.5) is 13.2 Å². The van der Waals surface area contributed by atoms with E-state index in [1.54, 1.807) is 0 Å². The Balaban J connectivity index is 3.39. The van der Waals surface area contributed by atoms with E-state index in [0.717, 1.165) is 19.2 Å². The van der Waals surface area contributed by atoms with E-state index in [2.05, 4.69) is 9.47 Å². The summed E-state index contributed by atoms with van der Waals surface area (Å²) in [6.45, 7) is 0. The van der Waals surface area contributed by atoms with E-state index >= 15 is 0 Å². The van der Waals surface area contributed by atoms with Gasteiger partial charge in [0.05, 0.1) is 12.7 Å². The summed E-state index contributed by atoms with van der Waals surface area (Å²) >= 11 is 5.54. The van der Waals surface area contributed by atoms with Gasteiger partial charge in [-0.25, -0.2) is 4.79 Å². The predicted octanol–water partition coefficient (Wildman–Crippen LogP) is 2.90. The third-order valence-electron chi connectivity index (χ3n) is 1.81. The summed E-state index contributed by atoms with van der Waals surface area (Å²) in [6.07, 6.45) is -5.00. The summed E-state index contributed by atoms with van der Waals surface area (Å²) in [5.41, 5.74) is -0.990. The van der Waals surface area contributed by atoms with Crippen LogP contribution in [-0.4, -0.2) is 19.4 Å². The summed E-state index contributed by atoms with van der Waals surface area (Å²) in [5.74, 6) is -1.83. The molecule has 0 aliphatic rings. The molecule has 0 unspecified atom stereocenters. The van der Waals surface area contributed by atoms with Crippen molar-refractivity contribution in [1.82, 2.24) is 0 Å². The molecule has 0 saturated heterocycles. The molecular weight excluding hydrogens is 275 g/mol. The molecule has 96 valence electrons. The molecule has 4 nitrogen and oxygen atoms in total. The van der Waals surface area contributed by atoms with Gasteiger partial charge in [0, 0.05) is 11.1 Å². The average Bonchev–Trinajstić information content (AvgIpc) is 2.25. The van der Waals surface area contributed by atoms with Crippen molar-refractivity contribution in [1.29, 1.82) is 5.26 Å². The number of alkyl halides is 3. The zero-order chi connectivity index (χ0) is 13.9. The fraction of sp³-hybridized carbons (Fsp3) is 0.200. The number of nitrogens with zero attached hydrogens (tertiary/aromatic N) is 1. The number of ether oxygens (including phenoxy) is 2. The molecule has 1 rings (SSSR count). The molecule has 1 aromatic rings. The molecule has 0 heterocycles. The van der Waals surface area contributed by atoms with Crippen molar-refractivity contribution in [2.24, 2.45) is 0 Å². The quantitative estimate of drug-likeness (QED) is 0.781. The van der Waals surface area contributed by atoms with Crippen molar-refractivity contribution < 1.29 is 27.4 Å². The second kappa shape index (κ2) is 5.14. The van der Waals surface area contributed by atoms with Crippen LogP contribution in [0.1, 0.15) is 15.9 Å². The van der Waals surface area contributed by atoms with E-state index < -0.39 is 29.2 Å². The van der Waals surface area contributed by atoms with Crippen LogP contribution in [-0.2, 0) is 4.74 Å². The zero-order valence-electron chi connectivity index (χ0n) is 8.84. The summed E-state index contributed by atoms with van der Waals surface area (Å²) in [7, 11) is 1.02. The molecule has 8 heteroatoms. The van der Waals surface area contributed by atoms with Crippen LogP contribution in [0.25, 0.3) is 0 Å². The van der Waals surface area contributed by atoms with Crippen molar-refractivity contribution in [3.05, 3.63) is 28.3 Å². The van der Waals surface area contributed by atoms with Crippen molar-refractivity contribution in [3.8, 4) is 11.8 Å². The smallest absolute Gasteiger partial charge is 0.465 e. The molecule has 0 aromatic heterocycles. The van der Waals surface area contributed by atoms with Crippen LogP contribution in [0.2, 0.25) is 5.02 Å². The normalized spacial score (nSPS) is 10.7. The van der Waals surface area contributed by atoms with Gasteiger partial charge in [0.25, 0.3) is 0 Å². The highest BCUT2D eigenvalue weighted by molar-refractivity contribution is 6.31. The van der Waals surface area contributed by atoms with Gasteiger partial charge in [-0.3, -0.25) is 0 Å². The largest absolute Gasteiger partial charge is 0.573 e. The maximum absolute atomic E-state index is 12.1. The highest BCUT2D eigenvalue weighted by atomic mass is 35.5. The monoisotopic (exact) mass is 279 g/mol. The second-order valence-corrected chi connectivity index (χ2v) is 3.41. The Morgan fingerprint density at radius 3 is 2.50 bits per heavy atom. The molecule has 0 bridgehead atoms. The Bertz CT molecular complexity index is 522. The Hall–Kier alpha value is -1.94. The minimum atomic E-state index is -5.00. The maximum atomic E-state index is 12.1. The SMILES string of the molecule is COC(=O)c1cc(Cl)cc(OC(F)(F)F)c1C#N. The topological polar surface area (TPSA) is 59.3 Å². The van der Waals surface area contributed by atoms with E-state index in [1.807, 2.05) is 0 Å². The molecule has 18 heavy (non-hydrogen) atoms. The summed E-state index contributed by atoms with van der Waals surface area (Å²) in [4.78, 5) is 11.3. The number of benzene rings is 1. The lowest BCUT2D eigenvalue weighted by atomic mass is 10.1. The van der Waals surface area contributed by atoms with Gasteiger partial charge in [-0.2, -0.15) is 5.26 Å². The van der Waals surface area contributed by atoms with Crippen LogP contribution in [0.5, 0.6) is 5.75 Å². The number of methoxy groups -OCH3 is 1. The van der Waals surface area contributed by atoms with E-state index in [4.69, 9.17) is 16.9 Å². The number of halogens is 4. The third kappa shape index (κ3) is 3.28. The minimum absolute atomic E-state index is 0.186. The first-order valence-corrected chi connectivity index (χ1v) is 4.74. The number of esters is 1. The average molecular weight is 280 g/mol. The molecule has 0 radical (unpaired) electrons. The summed E-state index contributed by atoms with van der Waals surface area (Å²) < 4.78 is 44.3. The van der Waals surface area contributed by atoms with Crippen LogP contribution in [0.15, 0.2) is 12.1 Å². The van der Waals surface area contributed by atoms with E-state index in [0.29, 0.717) is 0 Å². The molecule has 0 aliphatic carbocycles. The molecule has 0 atom stereocenters. The van der Waals surface area contributed by atoms with Gasteiger partial charge in [-0.1, -0.05) is 11.6 Å². The van der Waals surface area contributed by atoms with Crippen molar-refractivity contribution in [2.75, 3.05) is 7.11 Å². The van der Waals surface area contributed by atoms with Crippen molar-refractivity contribution in [2.45, 2.75) is 6.36 Å². The summed E-state index contributed by atoms with van der Waals surface area (Å²) in [5, 5.41) is 8.60. The number of carbonyl (C=O) groups is 1. The first-order valence-electron chi connectivity index (χ1n) is 4.36. The second-order valence-electron chi connectivity index (χ2n) is 2.98. The van der Waals surface area contributed by atoms with Gasteiger partial charge in [-0.05, 0) is 6.07 Å². The van der Waals surface area contributed by atoms with E-state index in [1.165, 1.54) is 6.07 Å². The lowest BCUT2D eigenvalue weighted by molar-refractivity contribution is -0.274. The Labute approximate surface area is 104 Å². The van der Waals surface area contributed by atoms with Crippen molar-refractivity contribution in [3.63, 3.8) is 0 Å². The van der Waals surface area contributed by atoms with Gasteiger partial charge in [0.1, 0.15) is 17.4 Å². The van der Waals surface area contributed by atoms with Gasteiger partial charge in [-0.15, -0.1) is 13.2 Å². The molecule has 0 fully saturated rings. The van der Waals surface area contributed by atoms with Gasteiger partial charge < -0.3 is 9.47 Å². The molecule has 1 aromatic carbocycles. The molecule has 0 spiro atoms.